The molecule has 0 aromatic heterocycles. The minimum absolute atomic E-state index is 0.143. The van der Waals surface area contributed by atoms with Crippen LogP contribution in [-0.4, -0.2) is 12.7 Å². The summed E-state index contributed by atoms with van der Waals surface area (Å²) >= 11 is 0. The zero-order valence-corrected chi connectivity index (χ0v) is 9.84. The summed E-state index contributed by atoms with van der Waals surface area (Å²) < 4.78 is 5.78. The maximum absolute atomic E-state index is 5.78. The van der Waals surface area contributed by atoms with E-state index in [0.717, 1.165) is 13.0 Å². The van der Waals surface area contributed by atoms with Crippen LogP contribution in [0.25, 0.3) is 0 Å². The van der Waals surface area contributed by atoms with E-state index in [1.165, 1.54) is 11.1 Å². The summed E-state index contributed by atoms with van der Waals surface area (Å²) in [5, 5.41) is 0. The van der Waals surface area contributed by atoms with Gasteiger partial charge < -0.3 is 4.74 Å². The third-order valence-corrected chi connectivity index (χ3v) is 2.34. The molecule has 0 unspecified atom stereocenters. The molecule has 1 nitrogen and oxygen atoms in total. The standard InChI is InChI=1S/C13H22O/c1-6-9-10-14-13(11(4)7-2)12(5)8-3/h6-8,13H,1,9-10H2,2-5H3/b11-7+,12-8+. The van der Waals surface area contributed by atoms with Crippen molar-refractivity contribution in [1.82, 2.24) is 0 Å². The van der Waals surface area contributed by atoms with Crippen molar-refractivity contribution >= 4 is 0 Å². The van der Waals surface area contributed by atoms with Crippen molar-refractivity contribution in [1.29, 1.82) is 0 Å². The predicted octanol–water partition coefficient (Wildman–Crippen LogP) is 3.88. The van der Waals surface area contributed by atoms with Gasteiger partial charge in [-0.15, -0.1) is 6.58 Å². The Morgan fingerprint density at radius 3 is 2.07 bits per heavy atom. The summed E-state index contributed by atoms with van der Waals surface area (Å²) in [6.07, 6.45) is 7.14. The van der Waals surface area contributed by atoms with Crippen molar-refractivity contribution in [2.45, 2.75) is 40.2 Å². The summed E-state index contributed by atoms with van der Waals surface area (Å²) in [6, 6.07) is 0. The Balaban J connectivity index is 4.33. The van der Waals surface area contributed by atoms with Gasteiger partial charge in [0.05, 0.1) is 12.7 Å². The van der Waals surface area contributed by atoms with Crippen molar-refractivity contribution in [2.24, 2.45) is 0 Å². The maximum Gasteiger partial charge on any atom is 0.0990 e. The largest absolute Gasteiger partial charge is 0.369 e. The normalized spacial score (nSPS) is 13.5. The number of rotatable bonds is 6. The number of ether oxygens (including phenoxy) is 1. The van der Waals surface area contributed by atoms with Crippen molar-refractivity contribution in [3.05, 3.63) is 36.0 Å². The molecule has 0 bridgehead atoms. The van der Waals surface area contributed by atoms with Crippen LogP contribution in [0.4, 0.5) is 0 Å². The van der Waals surface area contributed by atoms with Crippen LogP contribution in [0.3, 0.4) is 0 Å². The highest BCUT2D eigenvalue weighted by Crippen LogP contribution is 2.15. The van der Waals surface area contributed by atoms with Gasteiger partial charge in [-0.1, -0.05) is 18.2 Å². The molecule has 80 valence electrons. The molecule has 1 heteroatoms. The second-order valence-electron chi connectivity index (χ2n) is 3.39. The first-order valence-electron chi connectivity index (χ1n) is 5.15. The average molecular weight is 194 g/mol. The van der Waals surface area contributed by atoms with Crippen molar-refractivity contribution in [3.63, 3.8) is 0 Å². The van der Waals surface area contributed by atoms with E-state index >= 15 is 0 Å². The van der Waals surface area contributed by atoms with Crippen molar-refractivity contribution < 1.29 is 4.74 Å². The van der Waals surface area contributed by atoms with Crippen molar-refractivity contribution in [3.8, 4) is 0 Å². The molecule has 0 N–H and O–H groups in total. The van der Waals surface area contributed by atoms with E-state index < -0.39 is 0 Å². The van der Waals surface area contributed by atoms with Crippen LogP contribution in [0.2, 0.25) is 0 Å². The summed E-state index contributed by atoms with van der Waals surface area (Å²) in [6.45, 7) is 12.7. The molecule has 0 amide bonds. The van der Waals surface area contributed by atoms with Crippen LogP contribution in [-0.2, 0) is 4.74 Å². The van der Waals surface area contributed by atoms with Gasteiger partial charge in [0, 0.05) is 0 Å². The molecule has 14 heavy (non-hydrogen) atoms. The van der Waals surface area contributed by atoms with Crippen LogP contribution < -0.4 is 0 Å². The minimum atomic E-state index is 0.143. The smallest absolute Gasteiger partial charge is 0.0990 e. The van der Waals surface area contributed by atoms with E-state index in [1.807, 2.05) is 19.9 Å². The third kappa shape index (κ3) is 4.43. The fourth-order valence-corrected chi connectivity index (χ4v) is 1.19. The quantitative estimate of drug-likeness (QED) is 0.460. The summed E-state index contributed by atoms with van der Waals surface area (Å²) in [4.78, 5) is 0. The van der Waals surface area contributed by atoms with Gasteiger partial charge in [0.2, 0.25) is 0 Å². The Morgan fingerprint density at radius 1 is 1.21 bits per heavy atom. The molecule has 0 aliphatic carbocycles. The lowest BCUT2D eigenvalue weighted by atomic mass is 10.0. The Morgan fingerprint density at radius 2 is 1.71 bits per heavy atom. The summed E-state index contributed by atoms with van der Waals surface area (Å²) in [7, 11) is 0. The molecule has 0 atom stereocenters. The monoisotopic (exact) mass is 194 g/mol. The molecule has 0 saturated carbocycles. The van der Waals surface area contributed by atoms with Gasteiger partial charge in [0.25, 0.3) is 0 Å². The third-order valence-electron chi connectivity index (χ3n) is 2.34. The molecular formula is C13H22O. The van der Waals surface area contributed by atoms with Gasteiger partial charge in [-0.3, -0.25) is 0 Å². The summed E-state index contributed by atoms with van der Waals surface area (Å²) in [5.41, 5.74) is 2.54. The van der Waals surface area contributed by atoms with E-state index in [4.69, 9.17) is 4.74 Å². The van der Waals surface area contributed by atoms with Gasteiger partial charge in [-0.25, -0.2) is 0 Å². The molecule has 0 rings (SSSR count). The Labute approximate surface area is 88.2 Å². The van der Waals surface area contributed by atoms with Crippen LogP contribution in [0.5, 0.6) is 0 Å². The Bertz CT molecular complexity index is 205. The molecular weight excluding hydrogens is 172 g/mol. The zero-order valence-electron chi connectivity index (χ0n) is 9.84. The van der Waals surface area contributed by atoms with Gasteiger partial charge in [-0.05, 0) is 45.3 Å². The van der Waals surface area contributed by atoms with Crippen LogP contribution in [0.15, 0.2) is 36.0 Å². The molecule has 0 fully saturated rings. The molecule has 0 aromatic rings. The molecule has 0 radical (unpaired) electrons. The van der Waals surface area contributed by atoms with E-state index in [1.54, 1.807) is 0 Å². The molecule has 0 heterocycles. The number of hydrogen-bond acceptors (Lipinski definition) is 1. The van der Waals surface area contributed by atoms with Crippen LogP contribution >= 0.6 is 0 Å². The average Bonchev–Trinajstić information content (AvgIpc) is 2.22. The van der Waals surface area contributed by atoms with Crippen LogP contribution in [0, 0.1) is 0 Å². The lowest BCUT2D eigenvalue weighted by Gasteiger charge is -2.19. The van der Waals surface area contributed by atoms with E-state index in [2.05, 4.69) is 32.6 Å². The Kier molecular flexibility index (Phi) is 7.13. The van der Waals surface area contributed by atoms with Crippen LogP contribution in [0.1, 0.15) is 34.1 Å². The molecule has 0 aliphatic heterocycles. The second kappa shape index (κ2) is 7.57. The lowest BCUT2D eigenvalue weighted by Crippen LogP contribution is -2.16. The minimum Gasteiger partial charge on any atom is -0.369 e. The summed E-state index contributed by atoms with van der Waals surface area (Å²) in [5.74, 6) is 0. The first kappa shape index (κ1) is 13.2. The number of hydrogen-bond donors (Lipinski definition) is 0. The highest BCUT2D eigenvalue weighted by molar-refractivity contribution is 5.19. The van der Waals surface area contributed by atoms with E-state index in [0.29, 0.717) is 0 Å². The Hall–Kier alpha value is -0.820. The first-order valence-corrected chi connectivity index (χ1v) is 5.15. The fourth-order valence-electron chi connectivity index (χ4n) is 1.19. The predicted molar refractivity (Wildman–Crippen MR) is 63.4 cm³/mol. The van der Waals surface area contributed by atoms with Gasteiger partial charge in [0.1, 0.15) is 0 Å². The fraction of sp³-hybridized carbons (Fsp3) is 0.538. The lowest BCUT2D eigenvalue weighted by molar-refractivity contribution is 0.104. The highest BCUT2D eigenvalue weighted by atomic mass is 16.5. The maximum atomic E-state index is 5.78. The SMILES string of the molecule is C=CCCOC(/C(C)=C/C)/C(C)=C/C. The topological polar surface area (TPSA) is 9.23 Å². The number of allylic oxidation sites excluding steroid dienone is 2. The second-order valence-corrected chi connectivity index (χ2v) is 3.39. The zero-order chi connectivity index (χ0) is 11.0. The molecule has 0 saturated heterocycles. The van der Waals surface area contributed by atoms with E-state index in [9.17, 15) is 0 Å². The molecule has 0 aromatic carbocycles. The van der Waals surface area contributed by atoms with E-state index in [-0.39, 0.29) is 6.10 Å². The van der Waals surface area contributed by atoms with Gasteiger partial charge in [0.15, 0.2) is 0 Å². The highest BCUT2D eigenvalue weighted by Gasteiger charge is 2.11. The van der Waals surface area contributed by atoms with Gasteiger partial charge in [-0.2, -0.15) is 0 Å². The molecule has 0 aliphatic rings. The van der Waals surface area contributed by atoms with Crippen molar-refractivity contribution in [2.75, 3.05) is 6.61 Å². The van der Waals surface area contributed by atoms with Gasteiger partial charge >= 0.3 is 0 Å². The molecule has 0 spiro atoms. The first-order chi connectivity index (χ1) is 6.67.